The second-order valence-corrected chi connectivity index (χ2v) is 4.19. The number of rotatable bonds is 5. The van der Waals surface area contributed by atoms with Crippen molar-refractivity contribution in [2.24, 2.45) is 0 Å². The topological polar surface area (TPSA) is 41.6 Å². The first kappa shape index (κ1) is 15.7. The Morgan fingerprint density at radius 2 is 2.25 bits per heavy atom. The third-order valence-corrected chi connectivity index (χ3v) is 3.23. The van der Waals surface area contributed by atoms with Crippen LogP contribution in [0.15, 0.2) is 0 Å². The zero-order chi connectivity index (χ0) is 11.3. The van der Waals surface area contributed by atoms with Crippen LogP contribution in [-0.4, -0.2) is 50.2 Å². The number of halogens is 1. The lowest BCUT2D eigenvalue weighted by molar-refractivity contribution is -0.137. The molecule has 0 aromatic heterocycles. The van der Waals surface area contributed by atoms with E-state index in [1.807, 2.05) is 7.05 Å². The van der Waals surface area contributed by atoms with E-state index in [1.165, 1.54) is 0 Å². The van der Waals surface area contributed by atoms with Gasteiger partial charge in [0, 0.05) is 20.7 Å². The van der Waals surface area contributed by atoms with Gasteiger partial charge in [0.05, 0.1) is 12.1 Å². The number of amides is 1. The highest BCUT2D eigenvalue weighted by Crippen LogP contribution is 2.24. The highest BCUT2D eigenvalue weighted by Gasteiger charge is 2.40. The molecular weight excluding hydrogens is 228 g/mol. The van der Waals surface area contributed by atoms with Gasteiger partial charge >= 0.3 is 0 Å². The summed E-state index contributed by atoms with van der Waals surface area (Å²) in [5.41, 5.74) is -0.303. The summed E-state index contributed by atoms with van der Waals surface area (Å²) in [6.45, 7) is 4.29. The first-order valence-electron chi connectivity index (χ1n) is 5.66. The lowest BCUT2D eigenvalue weighted by Crippen LogP contribution is -2.54. The Bertz CT molecular complexity index is 218. The number of hydrogen-bond acceptors (Lipinski definition) is 3. The van der Waals surface area contributed by atoms with Gasteiger partial charge in [0.15, 0.2) is 0 Å². The molecule has 4 nitrogen and oxygen atoms in total. The first-order valence-corrected chi connectivity index (χ1v) is 5.66. The fourth-order valence-corrected chi connectivity index (χ4v) is 2.14. The Labute approximate surface area is 104 Å². The van der Waals surface area contributed by atoms with E-state index in [-0.39, 0.29) is 23.9 Å². The summed E-state index contributed by atoms with van der Waals surface area (Å²) in [5, 5.41) is 3.34. The Morgan fingerprint density at radius 3 is 2.69 bits per heavy atom. The average molecular weight is 251 g/mol. The summed E-state index contributed by atoms with van der Waals surface area (Å²) in [5.74, 6) is 0.208. The number of methoxy groups -OCH3 is 1. The van der Waals surface area contributed by atoms with Gasteiger partial charge in [0.25, 0.3) is 0 Å². The van der Waals surface area contributed by atoms with Gasteiger partial charge in [0.1, 0.15) is 0 Å². The third-order valence-electron chi connectivity index (χ3n) is 3.23. The molecule has 5 heteroatoms. The Balaban J connectivity index is 0.00000225. The number of nitrogens with one attached hydrogen (secondary N) is 1. The van der Waals surface area contributed by atoms with Crippen molar-refractivity contribution in [1.29, 1.82) is 0 Å². The summed E-state index contributed by atoms with van der Waals surface area (Å²) in [6.07, 6.45) is 2.92. The van der Waals surface area contributed by atoms with Gasteiger partial charge in [-0.25, -0.2) is 0 Å². The Morgan fingerprint density at radius 1 is 1.56 bits per heavy atom. The zero-order valence-electron chi connectivity index (χ0n) is 10.4. The van der Waals surface area contributed by atoms with Crippen molar-refractivity contribution in [3.8, 4) is 0 Å². The number of nitrogens with zero attached hydrogens (tertiary/aromatic N) is 1. The van der Waals surface area contributed by atoms with Gasteiger partial charge in [-0.1, -0.05) is 6.92 Å². The lowest BCUT2D eigenvalue weighted by atomic mass is 9.92. The van der Waals surface area contributed by atoms with E-state index in [1.54, 1.807) is 12.0 Å². The summed E-state index contributed by atoms with van der Waals surface area (Å²) < 4.78 is 4.98. The van der Waals surface area contributed by atoms with E-state index >= 15 is 0 Å². The molecule has 0 aliphatic carbocycles. The number of carbonyl (C=O) groups excluding carboxylic acids is 1. The lowest BCUT2D eigenvalue weighted by Gasteiger charge is -2.31. The van der Waals surface area contributed by atoms with Crippen molar-refractivity contribution in [2.75, 3.05) is 33.9 Å². The van der Waals surface area contributed by atoms with Gasteiger partial charge < -0.3 is 15.0 Å². The maximum Gasteiger partial charge on any atom is 0.242 e. The molecule has 1 amide bonds. The molecule has 0 aromatic carbocycles. The summed E-state index contributed by atoms with van der Waals surface area (Å²) in [7, 11) is 3.50. The van der Waals surface area contributed by atoms with Crippen LogP contribution in [0, 0.1) is 0 Å². The van der Waals surface area contributed by atoms with Crippen molar-refractivity contribution in [2.45, 2.75) is 31.7 Å². The fourth-order valence-electron chi connectivity index (χ4n) is 2.14. The number of likely N-dealkylation sites (N-methyl/N-ethyl adjacent to an activating group) is 1. The van der Waals surface area contributed by atoms with E-state index in [9.17, 15) is 4.79 Å². The van der Waals surface area contributed by atoms with Crippen molar-refractivity contribution in [3.05, 3.63) is 0 Å². The minimum Gasteiger partial charge on any atom is -0.383 e. The molecule has 0 spiro atoms. The molecule has 1 fully saturated rings. The van der Waals surface area contributed by atoms with Crippen LogP contribution in [0.5, 0.6) is 0 Å². The van der Waals surface area contributed by atoms with Gasteiger partial charge in [-0.3, -0.25) is 4.79 Å². The third kappa shape index (κ3) is 3.34. The van der Waals surface area contributed by atoms with Crippen LogP contribution < -0.4 is 5.32 Å². The van der Waals surface area contributed by atoms with Gasteiger partial charge in [0.2, 0.25) is 5.91 Å². The Hall–Kier alpha value is -0.320. The minimum absolute atomic E-state index is 0. The van der Waals surface area contributed by atoms with Gasteiger partial charge in [-0.2, -0.15) is 0 Å². The smallest absolute Gasteiger partial charge is 0.242 e. The predicted molar refractivity (Wildman–Crippen MR) is 67.0 cm³/mol. The summed E-state index contributed by atoms with van der Waals surface area (Å²) in [4.78, 5) is 14.0. The van der Waals surface area contributed by atoms with Crippen LogP contribution >= 0.6 is 12.4 Å². The van der Waals surface area contributed by atoms with Crippen LogP contribution in [0.25, 0.3) is 0 Å². The second kappa shape index (κ2) is 7.09. The van der Waals surface area contributed by atoms with Gasteiger partial charge in [-0.15, -0.1) is 12.4 Å². The zero-order valence-corrected chi connectivity index (χ0v) is 11.2. The molecule has 1 saturated heterocycles. The van der Waals surface area contributed by atoms with Crippen molar-refractivity contribution in [3.63, 3.8) is 0 Å². The Kier molecular flexibility index (Phi) is 6.95. The monoisotopic (exact) mass is 250 g/mol. The molecular formula is C11H23ClN2O2. The second-order valence-electron chi connectivity index (χ2n) is 4.19. The maximum absolute atomic E-state index is 12.2. The molecule has 1 aliphatic heterocycles. The molecule has 0 radical (unpaired) electrons. The average Bonchev–Trinajstić information content (AvgIpc) is 2.74. The highest BCUT2D eigenvalue weighted by molar-refractivity contribution is 5.86. The molecule has 16 heavy (non-hydrogen) atoms. The number of hydrogen-bond donors (Lipinski definition) is 1. The highest BCUT2D eigenvalue weighted by atomic mass is 35.5. The van der Waals surface area contributed by atoms with E-state index in [0.717, 1.165) is 25.8 Å². The van der Waals surface area contributed by atoms with Crippen molar-refractivity contribution < 1.29 is 9.53 Å². The quantitative estimate of drug-likeness (QED) is 0.793. The predicted octanol–water partition coefficient (Wildman–Crippen LogP) is 1.05. The van der Waals surface area contributed by atoms with E-state index in [2.05, 4.69) is 12.2 Å². The molecule has 1 aliphatic rings. The fraction of sp³-hybridized carbons (Fsp3) is 0.909. The summed E-state index contributed by atoms with van der Waals surface area (Å²) >= 11 is 0. The number of ether oxygens (including phenoxy) is 1. The largest absolute Gasteiger partial charge is 0.383 e. The first-order chi connectivity index (χ1) is 7.16. The molecule has 0 aromatic rings. The normalized spacial score (nSPS) is 23.9. The molecule has 1 heterocycles. The minimum atomic E-state index is -0.303. The van der Waals surface area contributed by atoms with Crippen molar-refractivity contribution in [1.82, 2.24) is 10.2 Å². The molecule has 1 atom stereocenters. The maximum atomic E-state index is 12.2. The molecule has 0 saturated carbocycles. The van der Waals surface area contributed by atoms with Crippen LogP contribution in [0.4, 0.5) is 0 Å². The SMILES string of the molecule is CCC1(C(=O)N(C)CCOC)CCCN1.Cl. The van der Waals surface area contributed by atoms with Crippen LogP contribution in [0.1, 0.15) is 26.2 Å². The van der Waals surface area contributed by atoms with E-state index in [0.29, 0.717) is 13.2 Å². The number of carbonyl (C=O) groups is 1. The van der Waals surface area contributed by atoms with Crippen LogP contribution in [-0.2, 0) is 9.53 Å². The molecule has 96 valence electrons. The van der Waals surface area contributed by atoms with E-state index < -0.39 is 0 Å². The standard InChI is InChI=1S/C11H22N2O2.ClH/c1-4-11(6-5-7-12-11)10(14)13(2)8-9-15-3;/h12H,4-9H2,1-3H3;1H. The molecule has 0 bridgehead atoms. The molecule has 1 N–H and O–H groups in total. The summed E-state index contributed by atoms with van der Waals surface area (Å²) in [6, 6.07) is 0. The van der Waals surface area contributed by atoms with Gasteiger partial charge in [-0.05, 0) is 25.8 Å². The van der Waals surface area contributed by atoms with Crippen LogP contribution in [0.2, 0.25) is 0 Å². The van der Waals surface area contributed by atoms with E-state index in [4.69, 9.17) is 4.74 Å². The molecule has 1 rings (SSSR count). The van der Waals surface area contributed by atoms with Crippen molar-refractivity contribution >= 4 is 18.3 Å². The molecule has 1 unspecified atom stereocenters. The van der Waals surface area contributed by atoms with Crippen LogP contribution in [0.3, 0.4) is 0 Å².